The van der Waals surface area contributed by atoms with Crippen LogP contribution in [-0.2, 0) is 4.74 Å². The van der Waals surface area contributed by atoms with Crippen LogP contribution in [0.25, 0.3) is 5.69 Å². The molecular weight excluding hydrogens is 216 g/mol. The second-order valence-corrected chi connectivity index (χ2v) is 3.91. The van der Waals surface area contributed by atoms with Crippen LogP contribution in [0.2, 0.25) is 0 Å². The zero-order chi connectivity index (χ0) is 12.4. The van der Waals surface area contributed by atoms with Crippen molar-refractivity contribution in [1.29, 1.82) is 0 Å². The highest BCUT2D eigenvalue weighted by Gasteiger charge is 2.12. The van der Waals surface area contributed by atoms with Crippen LogP contribution in [0.1, 0.15) is 21.7 Å². The van der Waals surface area contributed by atoms with Gasteiger partial charge >= 0.3 is 5.97 Å². The SMILES string of the molecule is COC(=O)c1cc(C)n(-c2ccc(C)cc2)n1. The summed E-state index contributed by atoms with van der Waals surface area (Å²) in [4.78, 5) is 11.4. The maximum atomic E-state index is 11.4. The number of benzene rings is 1. The largest absolute Gasteiger partial charge is 0.464 e. The number of hydrogen-bond acceptors (Lipinski definition) is 3. The Hall–Kier alpha value is -2.10. The van der Waals surface area contributed by atoms with Crippen LogP contribution >= 0.6 is 0 Å². The molecule has 88 valence electrons. The standard InChI is InChI=1S/C13H14N2O2/c1-9-4-6-11(7-5-9)15-10(2)8-12(14-15)13(16)17-3/h4-8H,1-3H3. The first-order valence-electron chi connectivity index (χ1n) is 5.34. The molecule has 4 nitrogen and oxygen atoms in total. The van der Waals surface area contributed by atoms with Gasteiger partial charge in [-0.25, -0.2) is 9.48 Å². The molecule has 0 spiro atoms. The van der Waals surface area contributed by atoms with Crippen molar-refractivity contribution in [3.63, 3.8) is 0 Å². The summed E-state index contributed by atoms with van der Waals surface area (Å²) < 4.78 is 6.37. The Morgan fingerprint density at radius 2 is 1.88 bits per heavy atom. The van der Waals surface area contributed by atoms with Crippen molar-refractivity contribution in [3.8, 4) is 5.69 Å². The van der Waals surface area contributed by atoms with E-state index in [1.54, 1.807) is 10.7 Å². The summed E-state index contributed by atoms with van der Waals surface area (Å²) in [6.07, 6.45) is 0. The van der Waals surface area contributed by atoms with Gasteiger partial charge < -0.3 is 4.74 Å². The lowest BCUT2D eigenvalue weighted by Crippen LogP contribution is -2.04. The number of methoxy groups -OCH3 is 1. The Morgan fingerprint density at radius 3 is 2.47 bits per heavy atom. The number of aryl methyl sites for hydroxylation is 2. The van der Waals surface area contributed by atoms with Crippen molar-refractivity contribution in [3.05, 3.63) is 47.3 Å². The van der Waals surface area contributed by atoms with Crippen LogP contribution in [0.15, 0.2) is 30.3 Å². The maximum absolute atomic E-state index is 11.4. The van der Waals surface area contributed by atoms with Gasteiger partial charge in [0, 0.05) is 5.69 Å². The predicted octanol–water partition coefficient (Wildman–Crippen LogP) is 2.28. The molecule has 0 radical (unpaired) electrons. The fraction of sp³-hybridized carbons (Fsp3) is 0.231. The highest BCUT2D eigenvalue weighted by Crippen LogP contribution is 2.13. The Labute approximate surface area is 99.8 Å². The average Bonchev–Trinajstić information content (AvgIpc) is 2.71. The Balaban J connectivity index is 2.42. The van der Waals surface area contributed by atoms with E-state index in [2.05, 4.69) is 9.84 Å². The van der Waals surface area contributed by atoms with Gasteiger partial charge in [-0.2, -0.15) is 5.10 Å². The lowest BCUT2D eigenvalue weighted by molar-refractivity contribution is 0.0593. The number of hydrogen-bond donors (Lipinski definition) is 0. The molecule has 17 heavy (non-hydrogen) atoms. The highest BCUT2D eigenvalue weighted by molar-refractivity contribution is 5.87. The summed E-state index contributed by atoms with van der Waals surface area (Å²) in [5, 5.41) is 4.22. The minimum absolute atomic E-state index is 0.325. The molecule has 0 aliphatic heterocycles. The summed E-state index contributed by atoms with van der Waals surface area (Å²) in [5.41, 5.74) is 3.34. The first kappa shape index (κ1) is 11.4. The van der Waals surface area contributed by atoms with Crippen molar-refractivity contribution in [2.75, 3.05) is 7.11 Å². The molecule has 0 amide bonds. The van der Waals surface area contributed by atoms with Gasteiger partial charge in [0.2, 0.25) is 0 Å². The van der Waals surface area contributed by atoms with Gasteiger partial charge in [0.1, 0.15) is 0 Å². The molecule has 0 atom stereocenters. The average molecular weight is 230 g/mol. The third kappa shape index (κ3) is 2.20. The van der Waals surface area contributed by atoms with E-state index in [0.717, 1.165) is 11.4 Å². The quantitative estimate of drug-likeness (QED) is 0.743. The summed E-state index contributed by atoms with van der Waals surface area (Å²) in [7, 11) is 1.35. The van der Waals surface area contributed by atoms with Crippen LogP contribution in [0.4, 0.5) is 0 Å². The van der Waals surface area contributed by atoms with Crippen LogP contribution in [0.3, 0.4) is 0 Å². The Morgan fingerprint density at radius 1 is 1.24 bits per heavy atom. The van der Waals surface area contributed by atoms with E-state index in [-0.39, 0.29) is 0 Å². The lowest BCUT2D eigenvalue weighted by atomic mass is 10.2. The molecule has 0 bridgehead atoms. The van der Waals surface area contributed by atoms with E-state index < -0.39 is 5.97 Å². The zero-order valence-electron chi connectivity index (χ0n) is 10.1. The number of nitrogens with zero attached hydrogens (tertiary/aromatic N) is 2. The van der Waals surface area contributed by atoms with E-state index in [4.69, 9.17) is 0 Å². The molecule has 0 fully saturated rings. The second-order valence-electron chi connectivity index (χ2n) is 3.91. The Bertz CT molecular complexity index is 541. The van der Waals surface area contributed by atoms with Crippen LogP contribution in [0.5, 0.6) is 0 Å². The van der Waals surface area contributed by atoms with E-state index in [1.165, 1.54) is 12.7 Å². The van der Waals surface area contributed by atoms with Gasteiger partial charge in [0.05, 0.1) is 12.8 Å². The van der Waals surface area contributed by atoms with Crippen molar-refractivity contribution in [1.82, 2.24) is 9.78 Å². The van der Waals surface area contributed by atoms with Gasteiger partial charge in [-0.3, -0.25) is 0 Å². The van der Waals surface area contributed by atoms with Gasteiger partial charge in [-0.05, 0) is 32.0 Å². The molecule has 0 N–H and O–H groups in total. The summed E-state index contributed by atoms with van der Waals surface area (Å²) in [6.45, 7) is 3.93. The molecule has 1 aromatic heterocycles. The molecule has 1 heterocycles. The smallest absolute Gasteiger partial charge is 0.358 e. The molecule has 2 aromatic rings. The summed E-state index contributed by atoms with van der Waals surface area (Å²) >= 11 is 0. The zero-order valence-corrected chi connectivity index (χ0v) is 10.1. The molecule has 0 unspecified atom stereocenters. The fourth-order valence-electron chi connectivity index (χ4n) is 1.63. The van der Waals surface area contributed by atoms with Gasteiger partial charge in [0.25, 0.3) is 0 Å². The molecule has 4 heteroatoms. The third-order valence-electron chi connectivity index (χ3n) is 2.56. The van der Waals surface area contributed by atoms with Crippen LogP contribution in [0, 0.1) is 13.8 Å². The summed E-state index contributed by atoms with van der Waals surface area (Å²) in [5.74, 6) is -0.418. The molecule has 1 aromatic carbocycles. The molecule has 2 rings (SSSR count). The van der Waals surface area contributed by atoms with Crippen molar-refractivity contribution in [2.45, 2.75) is 13.8 Å². The molecule has 0 saturated heterocycles. The fourth-order valence-corrected chi connectivity index (χ4v) is 1.63. The van der Waals surface area contributed by atoms with Crippen LogP contribution in [-0.4, -0.2) is 22.9 Å². The monoisotopic (exact) mass is 230 g/mol. The normalized spacial score (nSPS) is 10.3. The van der Waals surface area contributed by atoms with E-state index in [9.17, 15) is 4.79 Å². The number of carbonyl (C=O) groups is 1. The highest BCUT2D eigenvalue weighted by atomic mass is 16.5. The van der Waals surface area contributed by atoms with Gasteiger partial charge in [0.15, 0.2) is 5.69 Å². The first-order valence-corrected chi connectivity index (χ1v) is 5.34. The van der Waals surface area contributed by atoms with Crippen molar-refractivity contribution in [2.24, 2.45) is 0 Å². The minimum atomic E-state index is -0.418. The number of rotatable bonds is 2. The van der Waals surface area contributed by atoms with E-state index >= 15 is 0 Å². The second kappa shape index (κ2) is 4.41. The maximum Gasteiger partial charge on any atom is 0.358 e. The topological polar surface area (TPSA) is 44.1 Å². The number of carbonyl (C=O) groups excluding carboxylic acids is 1. The molecule has 0 aliphatic rings. The molecule has 0 aliphatic carbocycles. The summed E-state index contributed by atoms with van der Waals surface area (Å²) in [6, 6.07) is 9.67. The lowest BCUT2D eigenvalue weighted by Gasteiger charge is -2.04. The van der Waals surface area contributed by atoms with Gasteiger partial charge in [-0.1, -0.05) is 17.7 Å². The number of esters is 1. The van der Waals surface area contributed by atoms with Crippen molar-refractivity contribution < 1.29 is 9.53 Å². The first-order chi connectivity index (χ1) is 8.11. The van der Waals surface area contributed by atoms with Crippen LogP contribution < -0.4 is 0 Å². The molecule has 0 saturated carbocycles. The third-order valence-corrected chi connectivity index (χ3v) is 2.56. The molecular formula is C13H14N2O2. The minimum Gasteiger partial charge on any atom is -0.464 e. The Kier molecular flexibility index (Phi) is 2.95. The van der Waals surface area contributed by atoms with Gasteiger partial charge in [-0.15, -0.1) is 0 Å². The number of ether oxygens (including phenoxy) is 1. The predicted molar refractivity (Wildman–Crippen MR) is 64.4 cm³/mol. The number of aromatic nitrogens is 2. The van der Waals surface area contributed by atoms with Crippen molar-refractivity contribution >= 4 is 5.97 Å². The van der Waals surface area contributed by atoms with E-state index in [1.807, 2.05) is 38.1 Å². The van der Waals surface area contributed by atoms with E-state index in [0.29, 0.717) is 5.69 Å².